The van der Waals surface area contributed by atoms with Gasteiger partial charge in [0.2, 0.25) is 0 Å². The number of hydrogen-bond acceptors (Lipinski definition) is 4. The quantitative estimate of drug-likeness (QED) is 0.401. The highest BCUT2D eigenvalue weighted by atomic mass is 35.5. The minimum atomic E-state index is -0.460. The van der Waals surface area contributed by atoms with Crippen LogP contribution in [0.3, 0.4) is 0 Å². The summed E-state index contributed by atoms with van der Waals surface area (Å²) in [5, 5.41) is 3.07. The number of benzene rings is 3. The summed E-state index contributed by atoms with van der Waals surface area (Å²) in [5.74, 6) is -0.299. The topological polar surface area (TPSA) is 79.5 Å². The van der Waals surface area contributed by atoms with Crippen LogP contribution in [0.25, 0.3) is 11.1 Å². The summed E-state index contributed by atoms with van der Waals surface area (Å²) in [6, 6.07) is 22.1. The molecule has 0 atom stereocenters. The van der Waals surface area contributed by atoms with Crippen LogP contribution in [0.2, 0.25) is 5.02 Å². The molecule has 0 aliphatic heterocycles. The molecule has 3 aromatic carbocycles. The fourth-order valence-electron chi connectivity index (χ4n) is 2.73. The molecule has 0 saturated carbocycles. The Balaban J connectivity index is 1.44. The average Bonchev–Trinajstić information content (AvgIpc) is 2.78. The van der Waals surface area contributed by atoms with Gasteiger partial charge in [-0.1, -0.05) is 54.1 Å². The number of halogens is 1. The molecule has 0 aliphatic rings. The third kappa shape index (κ3) is 6.53. The summed E-state index contributed by atoms with van der Waals surface area (Å²) in [6.07, 6.45) is 0. The first-order chi connectivity index (χ1) is 14.9. The molecule has 158 valence electrons. The van der Waals surface area contributed by atoms with E-state index in [-0.39, 0.29) is 17.6 Å². The van der Waals surface area contributed by atoms with Gasteiger partial charge in [0.15, 0.2) is 11.7 Å². The van der Waals surface area contributed by atoms with Crippen molar-refractivity contribution >= 4 is 40.7 Å². The first-order valence-electron chi connectivity index (χ1n) is 9.37. The zero-order valence-corrected chi connectivity index (χ0v) is 18.2. The van der Waals surface area contributed by atoms with Crippen LogP contribution < -0.4 is 20.9 Å². The summed E-state index contributed by atoms with van der Waals surface area (Å²) >= 11 is 10.9. The van der Waals surface area contributed by atoms with E-state index in [4.69, 9.17) is 28.6 Å². The van der Waals surface area contributed by atoms with Crippen molar-refractivity contribution in [1.29, 1.82) is 0 Å². The SMILES string of the molecule is Cc1cc(Cl)ccc1OCC(=O)NNC(=S)NC(=O)c1ccc(-c2ccccc2)cc1. The Kier molecular flexibility index (Phi) is 7.59. The molecule has 31 heavy (non-hydrogen) atoms. The molecule has 0 bridgehead atoms. The van der Waals surface area contributed by atoms with Gasteiger partial charge in [0, 0.05) is 10.6 Å². The lowest BCUT2D eigenvalue weighted by molar-refractivity contribution is -0.123. The fourth-order valence-corrected chi connectivity index (χ4v) is 3.10. The molecule has 0 heterocycles. The summed E-state index contributed by atoms with van der Waals surface area (Å²) < 4.78 is 5.44. The van der Waals surface area contributed by atoms with Crippen LogP contribution in [0, 0.1) is 6.92 Å². The van der Waals surface area contributed by atoms with E-state index >= 15 is 0 Å². The Labute approximate surface area is 190 Å². The molecule has 3 aromatic rings. The molecule has 3 rings (SSSR count). The predicted molar refractivity (Wildman–Crippen MR) is 125 cm³/mol. The van der Waals surface area contributed by atoms with E-state index in [1.807, 2.05) is 49.4 Å². The lowest BCUT2D eigenvalue weighted by atomic mass is 10.0. The highest BCUT2D eigenvalue weighted by molar-refractivity contribution is 7.80. The van der Waals surface area contributed by atoms with Crippen LogP contribution >= 0.6 is 23.8 Å². The molecule has 0 unspecified atom stereocenters. The first-order valence-corrected chi connectivity index (χ1v) is 10.2. The van der Waals surface area contributed by atoms with E-state index in [9.17, 15) is 9.59 Å². The molecule has 0 fully saturated rings. The molecule has 0 radical (unpaired) electrons. The summed E-state index contributed by atoms with van der Waals surface area (Å²) in [7, 11) is 0. The molecule has 0 aliphatic carbocycles. The normalized spacial score (nSPS) is 10.1. The molecule has 3 N–H and O–H groups in total. The van der Waals surface area contributed by atoms with Crippen molar-refractivity contribution in [3.05, 3.63) is 88.9 Å². The van der Waals surface area contributed by atoms with Crippen LogP contribution in [-0.4, -0.2) is 23.5 Å². The zero-order valence-electron chi connectivity index (χ0n) is 16.6. The number of hydrazine groups is 1. The Bertz CT molecular complexity index is 1090. The zero-order chi connectivity index (χ0) is 22.2. The van der Waals surface area contributed by atoms with Gasteiger partial charge in [-0.15, -0.1) is 0 Å². The largest absolute Gasteiger partial charge is 0.483 e. The molecular weight excluding hydrogens is 434 g/mol. The monoisotopic (exact) mass is 453 g/mol. The molecule has 2 amide bonds. The standard InChI is InChI=1S/C23H20ClN3O3S/c1-15-13-19(24)11-12-20(15)30-14-21(28)26-27-23(31)25-22(29)18-9-7-17(8-10-18)16-5-3-2-4-6-16/h2-13H,14H2,1H3,(H,26,28)(H2,25,27,29,31). The van der Waals surface area contributed by atoms with E-state index in [2.05, 4.69) is 16.2 Å². The first kappa shape index (κ1) is 22.3. The van der Waals surface area contributed by atoms with Gasteiger partial charge in [0.05, 0.1) is 0 Å². The van der Waals surface area contributed by atoms with Gasteiger partial charge in [0.1, 0.15) is 5.75 Å². The van der Waals surface area contributed by atoms with Gasteiger partial charge < -0.3 is 4.74 Å². The number of carbonyl (C=O) groups excluding carboxylic acids is 2. The number of amides is 2. The molecule has 0 spiro atoms. The minimum absolute atomic E-state index is 0.0341. The lowest BCUT2D eigenvalue weighted by Crippen LogP contribution is -2.49. The van der Waals surface area contributed by atoms with Crippen LogP contribution in [0.15, 0.2) is 72.8 Å². The number of rotatable bonds is 5. The van der Waals surface area contributed by atoms with Crippen LogP contribution in [0.5, 0.6) is 5.75 Å². The fraction of sp³-hybridized carbons (Fsp3) is 0.0870. The molecule has 0 saturated heterocycles. The van der Waals surface area contributed by atoms with Gasteiger partial charge in [-0.3, -0.25) is 25.8 Å². The Morgan fingerprint density at radius 3 is 2.29 bits per heavy atom. The van der Waals surface area contributed by atoms with E-state index in [1.54, 1.807) is 30.3 Å². The van der Waals surface area contributed by atoms with Crippen molar-refractivity contribution in [3.8, 4) is 16.9 Å². The maximum Gasteiger partial charge on any atom is 0.276 e. The molecular formula is C23H20ClN3O3S. The Morgan fingerprint density at radius 1 is 0.935 bits per heavy atom. The molecule has 8 heteroatoms. The Morgan fingerprint density at radius 2 is 1.61 bits per heavy atom. The number of carbonyl (C=O) groups is 2. The maximum atomic E-state index is 12.3. The van der Waals surface area contributed by atoms with Crippen LogP contribution in [-0.2, 0) is 4.79 Å². The third-order valence-corrected chi connectivity index (χ3v) is 4.73. The number of ether oxygens (including phenoxy) is 1. The summed E-state index contributed by atoms with van der Waals surface area (Å²) in [5.41, 5.74) is 8.17. The third-order valence-electron chi connectivity index (χ3n) is 4.29. The Hall–Kier alpha value is -3.42. The van der Waals surface area contributed by atoms with E-state index in [0.29, 0.717) is 16.3 Å². The molecule has 6 nitrogen and oxygen atoms in total. The van der Waals surface area contributed by atoms with Crippen molar-refractivity contribution in [2.24, 2.45) is 0 Å². The number of aryl methyl sites for hydroxylation is 1. The summed E-state index contributed by atoms with van der Waals surface area (Å²) in [6.45, 7) is 1.60. The van der Waals surface area contributed by atoms with Gasteiger partial charge in [-0.25, -0.2) is 0 Å². The van der Waals surface area contributed by atoms with Crippen molar-refractivity contribution in [2.45, 2.75) is 6.92 Å². The maximum absolute atomic E-state index is 12.3. The number of thiocarbonyl (C=S) groups is 1. The second kappa shape index (κ2) is 10.6. The number of hydrogen-bond donors (Lipinski definition) is 3. The summed E-state index contributed by atoms with van der Waals surface area (Å²) in [4.78, 5) is 24.3. The van der Waals surface area contributed by atoms with E-state index in [0.717, 1.165) is 16.7 Å². The molecule has 0 aromatic heterocycles. The number of nitrogens with one attached hydrogen (secondary N) is 3. The lowest BCUT2D eigenvalue weighted by Gasteiger charge is -2.12. The van der Waals surface area contributed by atoms with E-state index in [1.165, 1.54) is 0 Å². The van der Waals surface area contributed by atoms with Crippen LogP contribution in [0.1, 0.15) is 15.9 Å². The van der Waals surface area contributed by atoms with Gasteiger partial charge in [0.25, 0.3) is 11.8 Å². The van der Waals surface area contributed by atoms with Crippen LogP contribution in [0.4, 0.5) is 0 Å². The second-order valence-corrected chi connectivity index (χ2v) is 7.44. The van der Waals surface area contributed by atoms with E-state index < -0.39 is 5.91 Å². The van der Waals surface area contributed by atoms with Crippen molar-refractivity contribution < 1.29 is 14.3 Å². The minimum Gasteiger partial charge on any atom is -0.483 e. The van der Waals surface area contributed by atoms with Crippen molar-refractivity contribution in [2.75, 3.05) is 6.61 Å². The van der Waals surface area contributed by atoms with Gasteiger partial charge in [-0.2, -0.15) is 0 Å². The predicted octanol–water partition coefficient (Wildman–Crippen LogP) is 4.03. The highest BCUT2D eigenvalue weighted by Gasteiger charge is 2.10. The smallest absolute Gasteiger partial charge is 0.276 e. The highest BCUT2D eigenvalue weighted by Crippen LogP contribution is 2.21. The second-order valence-electron chi connectivity index (χ2n) is 6.60. The van der Waals surface area contributed by atoms with Gasteiger partial charge >= 0.3 is 0 Å². The van der Waals surface area contributed by atoms with Gasteiger partial charge in [-0.05, 0) is 66.2 Å². The van der Waals surface area contributed by atoms with Crippen molar-refractivity contribution in [1.82, 2.24) is 16.2 Å². The van der Waals surface area contributed by atoms with Crippen molar-refractivity contribution in [3.63, 3.8) is 0 Å². The average molecular weight is 454 g/mol.